The molecule has 1 aromatic carbocycles. The minimum absolute atomic E-state index is 0.207. The smallest absolute Gasteiger partial charge is 0.251 e. The summed E-state index contributed by atoms with van der Waals surface area (Å²) in [5, 5.41) is 3.12. The Morgan fingerprint density at radius 1 is 1.37 bits per heavy atom. The summed E-state index contributed by atoms with van der Waals surface area (Å²) in [6.07, 6.45) is 0. The van der Waals surface area contributed by atoms with E-state index in [1.165, 1.54) is 18.2 Å². The molecule has 0 saturated heterocycles. The SMILES string of the molecule is CCNCc1cc(=O)[nH]c(-c2ccc(F)cc2C)n1. The van der Waals surface area contributed by atoms with E-state index in [1.807, 2.05) is 6.92 Å². The fraction of sp³-hybridized carbons (Fsp3) is 0.286. The van der Waals surface area contributed by atoms with E-state index >= 15 is 0 Å². The van der Waals surface area contributed by atoms with Gasteiger partial charge in [0.2, 0.25) is 0 Å². The highest BCUT2D eigenvalue weighted by atomic mass is 19.1. The highest BCUT2D eigenvalue weighted by molar-refractivity contribution is 5.59. The third kappa shape index (κ3) is 3.26. The van der Waals surface area contributed by atoms with Crippen LogP contribution >= 0.6 is 0 Å². The summed E-state index contributed by atoms with van der Waals surface area (Å²) in [6.45, 7) is 5.11. The van der Waals surface area contributed by atoms with E-state index in [-0.39, 0.29) is 11.4 Å². The van der Waals surface area contributed by atoms with Gasteiger partial charge in [0.1, 0.15) is 11.6 Å². The van der Waals surface area contributed by atoms with Crippen LogP contribution in [0, 0.1) is 12.7 Å². The van der Waals surface area contributed by atoms with Gasteiger partial charge in [-0.05, 0) is 37.2 Å². The lowest BCUT2D eigenvalue weighted by molar-refractivity contribution is 0.627. The maximum atomic E-state index is 13.1. The number of aromatic amines is 1. The molecule has 0 spiro atoms. The Kier molecular flexibility index (Phi) is 4.06. The van der Waals surface area contributed by atoms with E-state index < -0.39 is 0 Å². The molecule has 0 bridgehead atoms. The molecule has 0 saturated carbocycles. The van der Waals surface area contributed by atoms with E-state index in [0.29, 0.717) is 18.1 Å². The molecule has 0 unspecified atom stereocenters. The van der Waals surface area contributed by atoms with Crippen LogP contribution in [-0.2, 0) is 6.54 Å². The van der Waals surface area contributed by atoms with Crippen LogP contribution < -0.4 is 10.9 Å². The van der Waals surface area contributed by atoms with Crippen LogP contribution in [0.2, 0.25) is 0 Å². The first-order valence-corrected chi connectivity index (χ1v) is 6.17. The van der Waals surface area contributed by atoms with E-state index in [9.17, 15) is 9.18 Å². The van der Waals surface area contributed by atoms with Crippen molar-refractivity contribution in [2.75, 3.05) is 6.54 Å². The summed E-state index contributed by atoms with van der Waals surface area (Å²) >= 11 is 0. The molecule has 0 amide bonds. The van der Waals surface area contributed by atoms with Crippen LogP contribution in [0.3, 0.4) is 0 Å². The fourth-order valence-electron chi connectivity index (χ4n) is 1.87. The molecular formula is C14H16FN3O. The van der Waals surface area contributed by atoms with Crippen molar-refractivity contribution in [2.45, 2.75) is 20.4 Å². The zero-order chi connectivity index (χ0) is 13.8. The van der Waals surface area contributed by atoms with Crippen molar-refractivity contribution < 1.29 is 4.39 Å². The van der Waals surface area contributed by atoms with Gasteiger partial charge in [-0.2, -0.15) is 0 Å². The van der Waals surface area contributed by atoms with Crippen molar-refractivity contribution in [3.05, 3.63) is 51.7 Å². The fourth-order valence-corrected chi connectivity index (χ4v) is 1.87. The molecule has 0 fully saturated rings. The molecule has 2 aromatic rings. The monoisotopic (exact) mass is 261 g/mol. The summed E-state index contributed by atoms with van der Waals surface area (Å²) < 4.78 is 13.1. The Labute approximate surface area is 110 Å². The van der Waals surface area contributed by atoms with E-state index in [4.69, 9.17) is 0 Å². The zero-order valence-electron chi connectivity index (χ0n) is 11.0. The minimum atomic E-state index is -0.299. The molecule has 19 heavy (non-hydrogen) atoms. The Bertz CT molecular complexity index is 637. The second kappa shape index (κ2) is 5.75. The maximum Gasteiger partial charge on any atom is 0.251 e. The van der Waals surface area contributed by atoms with Gasteiger partial charge in [0.05, 0.1) is 5.69 Å². The molecule has 0 aliphatic rings. The normalized spacial score (nSPS) is 10.7. The number of aromatic nitrogens is 2. The van der Waals surface area contributed by atoms with Gasteiger partial charge in [0.25, 0.3) is 5.56 Å². The van der Waals surface area contributed by atoms with Crippen LogP contribution in [0.1, 0.15) is 18.2 Å². The number of nitrogens with one attached hydrogen (secondary N) is 2. The van der Waals surface area contributed by atoms with E-state index in [1.54, 1.807) is 13.0 Å². The number of nitrogens with zero attached hydrogens (tertiary/aromatic N) is 1. The van der Waals surface area contributed by atoms with Gasteiger partial charge in [-0.3, -0.25) is 4.79 Å². The summed E-state index contributed by atoms with van der Waals surface area (Å²) in [6, 6.07) is 5.87. The predicted octanol–water partition coefficient (Wildman–Crippen LogP) is 1.99. The second-order valence-corrected chi connectivity index (χ2v) is 4.32. The second-order valence-electron chi connectivity index (χ2n) is 4.32. The summed E-state index contributed by atoms with van der Waals surface area (Å²) in [5.41, 5.74) is 1.94. The van der Waals surface area contributed by atoms with Crippen molar-refractivity contribution in [2.24, 2.45) is 0 Å². The standard InChI is InChI=1S/C14H16FN3O/c1-3-16-8-11-7-13(19)18-14(17-11)12-5-4-10(15)6-9(12)2/h4-7,16H,3,8H2,1-2H3,(H,17,18,19). The number of benzene rings is 1. The van der Waals surface area contributed by atoms with Gasteiger partial charge in [-0.1, -0.05) is 6.92 Å². The molecule has 4 nitrogen and oxygen atoms in total. The number of hydrogen-bond acceptors (Lipinski definition) is 3. The van der Waals surface area contributed by atoms with Crippen molar-refractivity contribution in [1.29, 1.82) is 0 Å². The van der Waals surface area contributed by atoms with Gasteiger partial charge in [0, 0.05) is 18.2 Å². The first-order chi connectivity index (χ1) is 9.10. The van der Waals surface area contributed by atoms with Crippen LogP contribution in [-0.4, -0.2) is 16.5 Å². The lowest BCUT2D eigenvalue weighted by Gasteiger charge is -2.07. The minimum Gasteiger partial charge on any atom is -0.311 e. The average Bonchev–Trinajstić information content (AvgIpc) is 2.35. The van der Waals surface area contributed by atoms with Crippen molar-refractivity contribution in [1.82, 2.24) is 15.3 Å². The summed E-state index contributed by atoms with van der Waals surface area (Å²) in [4.78, 5) is 18.7. The van der Waals surface area contributed by atoms with Gasteiger partial charge >= 0.3 is 0 Å². The van der Waals surface area contributed by atoms with Crippen molar-refractivity contribution in [3.8, 4) is 11.4 Å². The van der Waals surface area contributed by atoms with Crippen LogP contribution in [0.4, 0.5) is 4.39 Å². The Hall–Kier alpha value is -2.01. The van der Waals surface area contributed by atoms with E-state index in [0.717, 1.165) is 17.7 Å². The maximum absolute atomic E-state index is 13.1. The molecule has 5 heteroatoms. The number of rotatable bonds is 4. The van der Waals surface area contributed by atoms with E-state index in [2.05, 4.69) is 15.3 Å². The molecular weight excluding hydrogens is 245 g/mol. The first-order valence-electron chi connectivity index (χ1n) is 6.17. The Morgan fingerprint density at radius 2 is 2.16 bits per heavy atom. The third-order valence-corrected chi connectivity index (χ3v) is 2.79. The van der Waals surface area contributed by atoms with Crippen molar-refractivity contribution in [3.63, 3.8) is 0 Å². The lowest BCUT2D eigenvalue weighted by atomic mass is 10.1. The number of halogens is 1. The average molecular weight is 261 g/mol. The molecule has 2 N–H and O–H groups in total. The number of aryl methyl sites for hydroxylation is 1. The quantitative estimate of drug-likeness (QED) is 0.885. The topological polar surface area (TPSA) is 57.8 Å². The lowest BCUT2D eigenvalue weighted by Crippen LogP contribution is -2.17. The largest absolute Gasteiger partial charge is 0.311 e. The Balaban J connectivity index is 2.44. The summed E-state index contributed by atoms with van der Waals surface area (Å²) in [5.74, 6) is 0.172. The van der Waals surface area contributed by atoms with Crippen LogP contribution in [0.15, 0.2) is 29.1 Å². The van der Waals surface area contributed by atoms with Gasteiger partial charge in [0.15, 0.2) is 0 Å². The number of H-pyrrole nitrogens is 1. The van der Waals surface area contributed by atoms with Gasteiger partial charge in [-0.25, -0.2) is 9.37 Å². The van der Waals surface area contributed by atoms with Gasteiger partial charge in [-0.15, -0.1) is 0 Å². The highest BCUT2D eigenvalue weighted by Crippen LogP contribution is 2.19. The molecule has 2 rings (SSSR count). The molecule has 0 aliphatic heterocycles. The molecule has 0 aliphatic carbocycles. The molecule has 1 heterocycles. The molecule has 0 atom stereocenters. The highest BCUT2D eigenvalue weighted by Gasteiger charge is 2.07. The van der Waals surface area contributed by atoms with Gasteiger partial charge < -0.3 is 10.3 Å². The van der Waals surface area contributed by atoms with Crippen LogP contribution in [0.5, 0.6) is 0 Å². The predicted molar refractivity (Wildman–Crippen MR) is 72.4 cm³/mol. The molecule has 100 valence electrons. The van der Waals surface area contributed by atoms with Crippen LogP contribution in [0.25, 0.3) is 11.4 Å². The molecule has 1 aromatic heterocycles. The summed E-state index contributed by atoms with van der Waals surface area (Å²) in [7, 11) is 0. The van der Waals surface area contributed by atoms with Crippen molar-refractivity contribution >= 4 is 0 Å². The number of hydrogen-bond donors (Lipinski definition) is 2. The zero-order valence-corrected chi connectivity index (χ0v) is 11.0. The Morgan fingerprint density at radius 3 is 2.84 bits per heavy atom. The molecule has 0 radical (unpaired) electrons. The first kappa shape index (κ1) is 13.4. The third-order valence-electron chi connectivity index (χ3n) is 2.79.